The van der Waals surface area contributed by atoms with Crippen molar-refractivity contribution in [2.24, 2.45) is 0 Å². The Bertz CT molecular complexity index is 1100. The van der Waals surface area contributed by atoms with Gasteiger partial charge in [-0.25, -0.2) is 9.37 Å². The number of anilines is 1. The van der Waals surface area contributed by atoms with E-state index in [-0.39, 0.29) is 16.6 Å². The van der Waals surface area contributed by atoms with Crippen LogP contribution in [0.25, 0.3) is 10.9 Å². The van der Waals surface area contributed by atoms with Gasteiger partial charge in [0, 0.05) is 23.2 Å². The van der Waals surface area contributed by atoms with Gasteiger partial charge in [0.15, 0.2) is 0 Å². The third kappa shape index (κ3) is 4.53. The molecule has 0 saturated heterocycles. The van der Waals surface area contributed by atoms with Gasteiger partial charge in [0.25, 0.3) is 5.91 Å². The second-order valence-corrected chi connectivity index (χ2v) is 7.02. The molecule has 158 valence electrons. The minimum Gasteiger partial charge on any atom is -0.385 e. The van der Waals surface area contributed by atoms with E-state index in [4.69, 9.17) is 0 Å². The molecule has 0 aliphatic carbocycles. The van der Waals surface area contributed by atoms with Gasteiger partial charge in [0.1, 0.15) is 11.5 Å². The van der Waals surface area contributed by atoms with Crippen molar-refractivity contribution in [2.45, 2.75) is 33.0 Å². The van der Waals surface area contributed by atoms with Crippen LogP contribution in [0, 0.1) is 12.7 Å². The molecule has 0 aliphatic heterocycles. The van der Waals surface area contributed by atoms with E-state index in [0.29, 0.717) is 17.8 Å². The highest BCUT2D eigenvalue weighted by atomic mass is 19.4. The van der Waals surface area contributed by atoms with Crippen molar-refractivity contribution in [1.29, 1.82) is 0 Å². The van der Waals surface area contributed by atoms with E-state index in [1.807, 2.05) is 13.8 Å². The van der Waals surface area contributed by atoms with Gasteiger partial charge in [-0.3, -0.25) is 4.79 Å². The molecular weight excluding hydrogens is 398 g/mol. The van der Waals surface area contributed by atoms with E-state index in [9.17, 15) is 22.4 Å². The zero-order chi connectivity index (χ0) is 22.1. The molecule has 0 unspecified atom stereocenters. The lowest BCUT2D eigenvalue weighted by Crippen LogP contribution is -2.28. The highest BCUT2D eigenvalue weighted by Crippen LogP contribution is 2.31. The van der Waals surface area contributed by atoms with Gasteiger partial charge < -0.3 is 10.6 Å². The fourth-order valence-corrected chi connectivity index (χ4v) is 3.19. The first kappa shape index (κ1) is 21.5. The topological polar surface area (TPSA) is 54.0 Å². The molecule has 0 fully saturated rings. The number of nitrogens with one attached hydrogen (secondary N) is 2. The lowest BCUT2D eigenvalue weighted by Gasteiger charge is -2.18. The van der Waals surface area contributed by atoms with Crippen LogP contribution in [-0.4, -0.2) is 17.4 Å². The minimum absolute atomic E-state index is 0.0375. The van der Waals surface area contributed by atoms with Crippen molar-refractivity contribution in [2.75, 3.05) is 11.9 Å². The number of aryl methyl sites for hydroxylation is 1. The van der Waals surface area contributed by atoms with Gasteiger partial charge in [-0.05, 0) is 62.7 Å². The van der Waals surface area contributed by atoms with Crippen molar-refractivity contribution in [1.82, 2.24) is 10.3 Å². The average molecular weight is 419 g/mol. The van der Waals surface area contributed by atoms with Crippen molar-refractivity contribution in [3.8, 4) is 0 Å². The van der Waals surface area contributed by atoms with Crippen molar-refractivity contribution >= 4 is 22.5 Å². The summed E-state index contributed by atoms with van der Waals surface area (Å²) in [6.45, 7) is 6.06. The normalized spacial score (nSPS) is 12.6. The number of carbonyl (C=O) groups is 1. The zero-order valence-electron chi connectivity index (χ0n) is 16.7. The lowest BCUT2D eigenvalue weighted by atomic mass is 10.0. The Balaban J connectivity index is 1.81. The maximum atomic E-state index is 14.5. The molecule has 0 aliphatic rings. The Morgan fingerprint density at radius 2 is 1.87 bits per heavy atom. The van der Waals surface area contributed by atoms with Crippen molar-refractivity contribution in [3.05, 3.63) is 70.7 Å². The number of nitrogens with zero attached hydrogens (tertiary/aromatic N) is 1. The molecule has 1 atom stereocenters. The van der Waals surface area contributed by atoms with Crippen LogP contribution in [-0.2, 0) is 6.18 Å². The van der Waals surface area contributed by atoms with Crippen LogP contribution in [0.15, 0.2) is 42.5 Å². The number of hydrogen-bond donors (Lipinski definition) is 2. The molecular formula is C22H21F4N3O. The van der Waals surface area contributed by atoms with Gasteiger partial charge in [-0.1, -0.05) is 6.07 Å². The number of benzene rings is 2. The number of amides is 1. The number of pyridine rings is 1. The largest absolute Gasteiger partial charge is 0.416 e. The van der Waals surface area contributed by atoms with E-state index in [0.717, 1.165) is 17.7 Å². The number of carbonyl (C=O) groups excluding carboxylic acids is 1. The Labute approximate surface area is 171 Å². The first-order valence-electron chi connectivity index (χ1n) is 9.43. The molecule has 1 heterocycles. The molecule has 4 nitrogen and oxygen atoms in total. The molecule has 0 bridgehead atoms. The molecule has 0 radical (unpaired) electrons. The standard InChI is InChI=1S/C22H21F4N3O/c1-4-27-20-11-17(23)16(9-12(20)2)13(3)28-21(30)19-7-5-14-10-15(22(24,25)26)6-8-18(14)29-19/h5-11,13,27H,4H2,1-3H3,(H,28,30)/t13-/m1/s1. The third-order valence-electron chi connectivity index (χ3n) is 4.77. The predicted molar refractivity (Wildman–Crippen MR) is 108 cm³/mol. The Morgan fingerprint density at radius 1 is 1.13 bits per heavy atom. The summed E-state index contributed by atoms with van der Waals surface area (Å²) >= 11 is 0. The smallest absolute Gasteiger partial charge is 0.385 e. The van der Waals surface area contributed by atoms with E-state index in [2.05, 4.69) is 15.6 Å². The number of alkyl halides is 3. The van der Waals surface area contributed by atoms with E-state index < -0.39 is 29.5 Å². The second kappa shape index (κ2) is 8.30. The molecule has 0 spiro atoms. The van der Waals surface area contributed by atoms with Crippen LogP contribution >= 0.6 is 0 Å². The van der Waals surface area contributed by atoms with Crippen LogP contribution in [0.2, 0.25) is 0 Å². The van der Waals surface area contributed by atoms with E-state index >= 15 is 0 Å². The first-order chi connectivity index (χ1) is 14.1. The Kier molecular flexibility index (Phi) is 5.96. The summed E-state index contributed by atoms with van der Waals surface area (Å²) in [7, 11) is 0. The van der Waals surface area contributed by atoms with Crippen LogP contribution in [0.1, 0.15) is 47.1 Å². The SMILES string of the molecule is CCNc1cc(F)c([C@@H](C)NC(=O)c2ccc3cc(C(F)(F)F)ccc3n2)cc1C. The highest BCUT2D eigenvalue weighted by Gasteiger charge is 2.30. The van der Waals surface area contributed by atoms with Gasteiger partial charge >= 0.3 is 6.18 Å². The Hall–Kier alpha value is -3.16. The molecule has 2 N–H and O–H groups in total. The molecule has 2 aromatic carbocycles. The maximum Gasteiger partial charge on any atom is 0.416 e. The number of halogens is 4. The quantitative estimate of drug-likeness (QED) is 0.528. The third-order valence-corrected chi connectivity index (χ3v) is 4.77. The monoisotopic (exact) mass is 419 g/mol. The van der Waals surface area contributed by atoms with Gasteiger partial charge in [0.05, 0.1) is 17.1 Å². The lowest BCUT2D eigenvalue weighted by molar-refractivity contribution is -0.137. The van der Waals surface area contributed by atoms with Crippen LogP contribution in [0.4, 0.5) is 23.2 Å². The predicted octanol–water partition coefficient (Wildman–Crippen LogP) is 5.62. The molecule has 8 heteroatoms. The average Bonchev–Trinajstić information content (AvgIpc) is 2.69. The molecule has 1 amide bonds. The van der Waals surface area contributed by atoms with E-state index in [1.54, 1.807) is 13.0 Å². The summed E-state index contributed by atoms with van der Waals surface area (Å²) in [4.78, 5) is 16.7. The summed E-state index contributed by atoms with van der Waals surface area (Å²) in [6, 6.07) is 8.32. The van der Waals surface area contributed by atoms with Gasteiger partial charge in [-0.15, -0.1) is 0 Å². The van der Waals surface area contributed by atoms with Crippen LogP contribution < -0.4 is 10.6 Å². The molecule has 3 aromatic rings. The Morgan fingerprint density at radius 3 is 2.53 bits per heavy atom. The molecule has 0 saturated carbocycles. The van der Waals surface area contributed by atoms with Crippen molar-refractivity contribution < 1.29 is 22.4 Å². The number of aromatic nitrogens is 1. The van der Waals surface area contributed by atoms with Gasteiger partial charge in [-0.2, -0.15) is 13.2 Å². The summed E-state index contributed by atoms with van der Waals surface area (Å²) in [5.74, 6) is -0.993. The molecule has 3 rings (SSSR count). The molecule has 1 aromatic heterocycles. The van der Waals surface area contributed by atoms with E-state index in [1.165, 1.54) is 24.3 Å². The maximum absolute atomic E-state index is 14.5. The summed E-state index contributed by atoms with van der Waals surface area (Å²) in [5, 5.41) is 6.04. The summed E-state index contributed by atoms with van der Waals surface area (Å²) in [5.41, 5.74) is 1.38. The fraction of sp³-hybridized carbons (Fsp3) is 0.273. The van der Waals surface area contributed by atoms with Crippen LogP contribution in [0.3, 0.4) is 0 Å². The summed E-state index contributed by atoms with van der Waals surface area (Å²) in [6.07, 6.45) is -4.45. The van der Waals surface area contributed by atoms with Crippen molar-refractivity contribution in [3.63, 3.8) is 0 Å². The minimum atomic E-state index is -4.45. The first-order valence-corrected chi connectivity index (χ1v) is 9.43. The molecule has 30 heavy (non-hydrogen) atoms. The summed E-state index contributed by atoms with van der Waals surface area (Å²) < 4.78 is 53.0. The highest BCUT2D eigenvalue weighted by molar-refractivity contribution is 5.95. The van der Waals surface area contributed by atoms with Gasteiger partial charge in [0.2, 0.25) is 0 Å². The van der Waals surface area contributed by atoms with Crippen LogP contribution in [0.5, 0.6) is 0 Å². The number of rotatable bonds is 5. The number of hydrogen-bond acceptors (Lipinski definition) is 3. The number of fused-ring (bicyclic) bond motifs is 1. The fourth-order valence-electron chi connectivity index (χ4n) is 3.19. The zero-order valence-corrected chi connectivity index (χ0v) is 16.7. The second-order valence-electron chi connectivity index (χ2n) is 7.02.